The van der Waals surface area contributed by atoms with Crippen molar-refractivity contribution < 1.29 is 4.42 Å². The van der Waals surface area contributed by atoms with Gasteiger partial charge in [0, 0.05) is 58.6 Å². The van der Waals surface area contributed by atoms with Crippen molar-refractivity contribution in [3.05, 3.63) is 146 Å². The summed E-state index contributed by atoms with van der Waals surface area (Å²) in [7, 11) is 0. The number of para-hydroxylation sites is 1. The number of hydrogen-bond acceptors (Lipinski definition) is 6. The Morgan fingerprint density at radius 2 is 1.12 bits per heavy atom. The highest BCUT2D eigenvalue weighted by molar-refractivity contribution is 7.26. The Hall–Kier alpha value is -6.24. The number of hydrogen-bond donors (Lipinski definition) is 0. The second kappa shape index (κ2) is 10.7. The first kappa shape index (κ1) is 26.9. The maximum atomic E-state index is 6.65. The predicted octanol–water partition coefficient (Wildman–Crippen LogP) is 11.4. The lowest BCUT2D eigenvalue weighted by molar-refractivity contribution is 0.657. The summed E-state index contributed by atoms with van der Waals surface area (Å²) in [6.07, 6.45) is 0. The molecule has 0 radical (unpaired) electrons. The highest BCUT2D eigenvalue weighted by Gasteiger charge is 2.22. The Labute approximate surface area is 278 Å². The summed E-state index contributed by atoms with van der Waals surface area (Å²) in [6, 6.07) is 49.9. The monoisotopic (exact) mass is 632 g/mol. The lowest BCUT2D eigenvalue weighted by Crippen LogP contribution is -2.00. The van der Waals surface area contributed by atoms with Crippen molar-refractivity contribution in [2.24, 2.45) is 0 Å². The summed E-state index contributed by atoms with van der Waals surface area (Å²) >= 11 is 1.77. The van der Waals surface area contributed by atoms with Gasteiger partial charge in [-0.15, -0.1) is 11.3 Å². The van der Waals surface area contributed by atoms with Crippen LogP contribution in [0.4, 0.5) is 0 Å². The zero-order valence-electron chi connectivity index (χ0n) is 25.5. The molecule has 4 aromatic heterocycles. The molecule has 0 aliphatic rings. The van der Waals surface area contributed by atoms with E-state index in [1.807, 2.05) is 66.7 Å². The summed E-state index contributed by atoms with van der Waals surface area (Å²) in [6.45, 7) is 0. The van der Waals surface area contributed by atoms with E-state index < -0.39 is 0 Å². The lowest BCUT2D eigenvalue weighted by Gasteiger charge is -2.11. The summed E-state index contributed by atoms with van der Waals surface area (Å²) < 4.78 is 9.04. The fourth-order valence-corrected chi connectivity index (χ4v) is 7.91. The molecule has 0 saturated heterocycles. The Bertz CT molecular complexity index is 2840. The standard InChI is InChI=1S/C42H24N4OS/c1-3-12-25(13-4-1)28-22-23-31(36-33-24-27-16-7-9-20-34(27)43-42(33)47-37(28)36)40-44-39(26-14-5-2-6-15-26)45-41(46-40)32-19-11-18-30-29-17-8-10-21-35(29)48-38(30)32/h1-24H. The molecule has 5 nitrogen and oxygen atoms in total. The van der Waals surface area contributed by atoms with Crippen molar-refractivity contribution in [3.63, 3.8) is 0 Å². The van der Waals surface area contributed by atoms with E-state index >= 15 is 0 Å². The summed E-state index contributed by atoms with van der Waals surface area (Å²) in [5.74, 6) is 1.83. The molecular weight excluding hydrogens is 609 g/mol. The van der Waals surface area contributed by atoms with E-state index in [1.54, 1.807) is 11.3 Å². The second-order valence-corrected chi connectivity index (χ2v) is 12.9. The van der Waals surface area contributed by atoms with Crippen molar-refractivity contribution in [1.29, 1.82) is 0 Å². The molecule has 0 bridgehead atoms. The largest absolute Gasteiger partial charge is 0.437 e. The zero-order valence-corrected chi connectivity index (χ0v) is 26.3. The van der Waals surface area contributed by atoms with E-state index in [2.05, 4.69) is 78.9 Å². The van der Waals surface area contributed by atoms with Crippen LogP contribution >= 0.6 is 11.3 Å². The van der Waals surface area contributed by atoms with E-state index in [0.717, 1.165) is 59.8 Å². The zero-order chi connectivity index (χ0) is 31.6. The van der Waals surface area contributed by atoms with Crippen molar-refractivity contribution >= 4 is 64.5 Å². The normalized spacial score (nSPS) is 11.8. The van der Waals surface area contributed by atoms with Crippen LogP contribution in [0.15, 0.2) is 150 Å². The predicted molar refractivity (Wildman–Crippen MR) is 197 cm³/mol. The molecule has 6 heteroatoms. The van der Waals surface area contributed by atoms with Crippen LogP contribution in [0, 0.1) is 0 Å². The summed E-state index contributed by atoms with van der Waals surface area (Å²) in [5, 5.41) is 5.33. The van der Waals surface area contributed by atoms with E-state index in [9.17, 15) is 0 Å². The van der Waals surface area contributed by atoms with Gasteiger partial charge >= 0.3 is 0 Å². The first-order valence-electron chi connectivity index (χ1n) is 15.8. The third kappa shape index (κ3) is 4.24. The average Bonchev–Trinajstić information content (AvgIpc) is 3.72. The Kier molecular flexibility index (Phi) is 5.98. The van der Waals surface area contributed by atoms with Gasteiger partial charge in [0.05, 0.1) is 5.52 Å². The minimum absolute atomic E-state index is 0.581. The van der Waals surface area contributed by atoms with Gasteiger partial charge in [0.25, 0.3) is 0 Å². The lowest BCUT2D eigenvalue weighted by atomic mass is 9.98. The summed E-state index contributed by atoms with van der Waals surface area (Å²) in [4.78, 5) is 20.4. The van der Waals surface area contributed by atoms with E-state index in [-0.39, 0.29) is 0 Å². The molecule has 0 aliphatic heterocycles. The number of rotatable bonds is 4. The first-order chi connectivity index (χ1) is 23.8. The van der Waals surface area contributed by atoms with Crippen molar-refractivity contribution in [2.45, 2.75) is 0 Å². The molecule has 0 saturated carbocycles. The van der Waals surface area contributed by atoms with Gasteiger partial charge in [-0.25, -0.2) is 19.9 Å². The highest BCUT2D eigenvalue weighted by Crippen LogP contribution is 2.43. The van der Waals surface area contributed by atoms with Crippen LogP contribution in [0.5, 0.6) is 0 Å². The van der Waals surface area contributed by atoms with Gasteiger partial charge in [0.2, 0.25) is 5.71 Å². The van der Waals surface area contributed by atoms with Crippen molar-refractivity contribution in [3.8, 4) is 45.3 Å². The van der Waals surface area contributed by atoms with E-state index in [0.29, 0.717) is 23.2 Å². The van der Waals surface area contributed by atoms with Gasteiger partial charge in [-0.1, -0.05) is 109 Å². The highest BCUT2D eigenvalue weighted by atomic mass is 32.1. The number of thiophene rings is 1. The minimum Gasteiger partial charge on any atom is -0.437 e. The molecule has 4 heterocycles. The molecule has 0 amide bonds. The van der Waals surface area contributed by atoms with Crippen molar-refractivity contribution in [1.82, 2.24) is 19.9 Å². The molecule has 0 fully saturated rings. The van der Waals surface area contributed by atoms with Gasteiger partial charge in [-0.05, 0) is 42.0 Å². The molecule has 0 unspecified atom stereocenters. The number of pyridine rings is 1. The molecule has 48 heavy (non-hydrogen) atoms. The topological polar surface area (TPSA) is 64.7 Å². The van der Waals surface area contributed by atoms with Gasteiger partial charge in [0.15, 0.2) is 17.5 Å². The molecule has 0 atom stereocenters. The van der Waals surface area contributed by atoms with Gasteiger partial charge in [-0.2, -0.15) is 0 Å². The molecule has 224 valence electrons. The number of benzene rings is 6. The Balaban J connectivity index is 1.29. The van der Waals surface area contributed by atoms with Crippen LogP contribution < -0.4 is 0 Å². The first-order valence-corrected chi connectivity index (χ1v) is 16.6. The van der Waals surface area contributed by atoms with Crippen LogP contribution in [0.25, 0.3) is 98.4 Å². The smallest absolute Gasteiger partial charge is 0.227 e. The molecule has 10 rings (SSSR count). The molecule has 0 aliphatic carbocycles. The second-order valence-electron chi connectivity index (χ2n) is 11.8. The fraction of sp³-hybridized carbons (Fsp3) is 0. The Morgan fingerprint density at radius 1 is 0.458 bits per heavy atom. The number of nitrogens with zero attached hydrogens (tertiary/aromatic N) is 4. The Morgan fingerprint density at radius 3 is 1.98 bits per heavy atom. The van der Waals surface area contributed by atoms with Crippen LogP contribution in [0.2, 0.25) is 0 Å². The molecular formula is C42H24N4OS. The maximum Gasteiger partial charge on any atom is 0.227 e. The quantitative estimate of drug-likeness (QED) is 0.193. The number of fused-ring (bicyclic) bond motifs is 7. The average molecular weight is 633 g/mol. The molecule has 10 aromatic rings. The SMILES string of the molecule is c1ccc(-c2nc(-c3cccc4c3sc3ccccc34)nc(-c3ccc(-c4ccccc4)c4oc5nc6ccccc6cc5c34)n2)cc1. The molecule has 6 aromatic carbocycles. The summed E-state index contributed by atoms with van der Waals surface area (Å²) in [5.41, 5.74) is 7.05. The van der Waals surface area contributed by atoms with E-state index in [4.69, 9.17) is 24.4 Å². The van der Waals surface area contributed by atoms with Crippen LogP contribution in [0.1, 0.15) is 0 Å². The van der Waals surface area contributed by atoms with Crippen molar-refractivity contribution in [2.75, 3.05) is 0 Å². The number of aromatic nitrogens is 4. The molecule has 0 spiro atoms. The van der Waals surface area contributed by atoms with Gasteiger partial charge < -0.3 is 4.42 Å². The molecule has 0 N–H and O–H groups in total. The van der Waals surface area contributed by atoms with Crippen LogP contribution in [0.3, 0.4) is 0 Å². The van der Waals surface area contributed by atoms with Gasteiger partial charge in [-0.3, -0.25) is 0 Å². The van der Waals surface area contributed by atoms with Gasteiger partial charge in [0.1, 0.15) is 5.58 Å². The minimum atomic E-state index is 0.581. The third-order valence-corrected chi connectivity index (χ3v) is 10.2. The number of furan rings is 1. The maximum absolute atomic E-state index is 6.65. The van der Waals surface area contributed by atoms with Crippen LogP contribution in [-0.4, -0.2) is 19.9 Å². The van der Waals surface area contributed by atoms with E-state index in [1.165, 1.54) is 15.5 Å². The third-order valence-electron chi connectivity index (χ3n) is 8.95. The van der Waals surface area contributed by atoms with Crippen LogP contribution in [-0.2, 0) is 0 Å². The fourth-order valence-electron chi connectivity index (χ4n) is 6.70.